The molecular formula is C14H20O4S. The molecule has 1 aromatic rings. The fourth-order valence-corrected chi connectivity index (χ4v) is 4.40. The molecular weight excluding hydrogens is 264 g/mol. The molecule has 2 rings (SSSR count). The van der Waals surface area contributed by atoms with Crippen LogP contribution in [0.4, 0.5) is 0 Å². The zero-order valence-electron chi connectivity index (χ0n) is 11.1. The van der Waals surface area contributed by atoms with Gasteiger partial charge < -0.3 is 9.84 Å². The van der Waals surface area contributed by atoms with E-state index in [4.69, 9.17) is 4.74 Å². The summed E-state index contributed by atoms with van der Waals surface area (Å²) in [6, 6.07) is 6.43. The molecule has 1 fully saturated rings. The first-order chi connectivity index (χ1) is 9.05. The van der Waals surface area contributed by atoms with Crippen LogP contribution in [0, 0.1) is 0 Å². The van der Waals surface area contributed by atoms with E-state index in [-0.39, 0.29) is 4.90 Å². The first-order valence-corrected chi connectivity index (χ1v) is 8.25. The quantitative estimate of drug-likeness (QED) is 0.920. The SMILES string of the molecule is CCOc1ccc(S(=O)(=O)[C@H]2CCCC[C@@H]2O)cc1. The molecule has 0 amide bonds. The maximum Gasteiger partial charge on any atom is 0.183 e. The van der Waals surface area contributed by atoms with E-state index in [2.05, 4.69) is 0 Å². The zero-order chi connectivity index (χ0) is 13.9. The first-order valence-electron chi connectivity index (χ1n) is 6.70. The normalized spacial score (nSPS) is 24.1. The summed E-state index contributed by atoms with van der Waals surface area (Å²) >= 11 is 0. The van der Waals surface area contributed by atoms with Gasteiger partial charge in [-0.25, -0.2) is 8.42 Å². The van der Waals surface area contributed by atoms with Gasteiger partial charge in [0.05, 0.1) is 22.9 Å². The van der Waals surface area contributed by atoms with Gasteiger partial charge in [0.1, 0.15) is 5.75 Å². The molecule has 2 atom stereocenters. The Labute approximate surface area is 114 Å². The van der Waals surface area contributed by atoms with Crippen LogP contribution in [0.5, 0.6) is 5.75 Å². The molecule has 0 spiro atoms. The van der Waals surface area contributed by atoms with E-state index in [1.807, 2.05) is 6.92 Å². The van der Waals surface area contributed by atoms with E-state index in [9.17, 15) is 13.5 Å². The molecule has 0 aromatic heterocycles. The Morgan fingerprint density at radius 1 is 1.21 bits per heavy atom. The van der Waals surface area contributed by atoms with E-state index in [1.165, 1.54) is 0 Å². The van der Waals surface area contributed by atoms with Gasteiger partial charge in [-0.1, -0.05) is 12.8 Å². The van der Waals surface area contributed by atoms with E-state index >= 15 is 0 Å². The third-order valence-corrected chi connectivity index (χ3v) is 5.81. The van der Waals surface area contributed by atoms with Gasteiger partial charge >= 0.3 is 0 Å². The number of aliphatic hydroxyl groups is 1. The van der Waals surface area contributed by atoms with Gasteiger partial charge in [0.25, 0.3) is 0 Å². The summed E-state index contributed by atoms with van der Waals surface area (Å²) in [7, 11) is -3.45. The van der Waals surface area contributed by atoms with Crippen molar-refractivity contribution < 1.29 is 18.3 Å². The number of aliphatic hydroxyl groups excluding tert-OH is 1. The number of hydrogen-bond donors (Lipinski definition) is 1. The lowest BCUT2D eigenvalue weighted by Gasteiger charge is -2.27. The van der Waals surface area contributed by atoms with Gasteiger partial charge in [-0.05, 0) is 44.0 Å². The minimum absolute atomic E-state index is 0.266. The number of rotatable bonds is 4. The number of sulfone groups is 1. The van der Waals surface area contributed by atoms with Crippen molar-refractivity contribution in [2.45, 2.75) is 48.9 Å². The van der Waals surface area contributed by atoms with Crippen LogP contribution in [0.1, 0.15) is 32.6 Å². The second-order valence-electron chi connectivity index (χ2n) is 4.84. The van der Waals surface area contributed by atoms with Gasteiger partial charge in [-0.3, -0.25) is 0 Å². The Balaban J connectivity index is 2.23. The summed E-state index contributed by atoms with van der Waals surface area (Å²) in [6.45, 7) is 2.43. The van der Waals surface area contributed by atoms with Crippen molar-refractivity contribution in [2.24, 2.45) is 0 Å². The second-order valence-corrected chi connectivity index (χ2v) is 7.01. The summed E-state index contributed by atoms with van der Waals surface area (Å²) in [6.07, 6.45) is 2.12. The molecule has 106 valence electrons. The topological polar surface area (TPSA) is 63.6 Å². The van der Waals surface area contributed by atoms with E-state index < -0.39 is 21.2 Å². The lowest BCUT2D eigenvalue weighted by atomic mass is 9.97. The van der Waals surface area contributed by atoms with E-state index in [1.54, 1.807) is 24.3 Å². The highest BCUT2D eigenvalue weighted by Crippen LogP contribution is 2.29. The maximum absolute atomic E-state index is 12.5. The Morgan fingerprint density at radius 3 is 2.42 bits per heavy atom. The standard InChI is InChI=1S/C14H20O4S/c1-2-18-11-7-9-12(10-8-11)19(16,17)14-6-4-3-5-13(14)15/h7-10,13-15H,2-6H2,1H3/t13-,14-/m0/s1. The molecule has 0 bridgehead atoms. The minimum Gasteiger partial charge on any atom is -0.494 e. The predicted molar refractivity (Wildman–Crippen MR) is 73.1 cm³/mol. The largest absolute Gasteiger partial charge is 0.494 e. The van der Waals surface area contributed by atoms with Gasteiger partial charge in [-0.15, -0.1) is 0 Å². The van der Waals surface area contributed by atoms with Gasteiger partial charge in [-0.2, -0.15) is 0 Å². The molecule has 0 saturated heterocycles. The molecule has 1 saturated carbocycles. The third kappa shape index (κ3) is 3.09. The van der Waals surface area contributed by atoms with Crippen LogP contribution in [0.3, 0.4) is 0 Å². The Kier molecular flexibility index (Phi) is 4.47. The summed E-state index contributed by atoms with van der Waals surface area (Å²) in [5.41, 5.74) is 0. The van der Waals surface area contributed by atoms with Gasteiger partial charge in [0.15, 0.2) is 9.84 Å². The molecule has 19 heavy (non-hydrogen) atoms. The minimum atomic E-state index is -3.45. The lowest BCUT2D eigenvalue weighted by Crippen LogP contribution is -2.36. The van der Waals surface area contributed by atoms with Crippen molar-refractivity contribution in [3.8, 4) is 5.75 Å². The first kappa shape index (κ1) is 14.3. The van der Waals surface area contributed by atoms with Crippen LogP contribution in [-0.4, -0.2) is 31.5 Å². The van der Waals surface area contributed by atoms with E-state index in [0.717, 1.165) is 12.8 Å². The summed E-state index contributed by atoms with van der Waals surface area (Å²) in [5, 5.41) is 9.23. The average molecular weight is 284 g/mol. The second kappa shape index (κ2) is 5.92. The maximum atomic E-state index is 12.5. The molecule has 0 heterocycles. The third-order valence-electron chi connectivity index (χ3n) is 3.53. The molecule has 0 unspecified atom stereocenters. The predicted octanol–water partition coefficient (Wildman–Crippen LogP) is 2.16. The summed E-state index contributed by atoms with van der Waals surface area (Å²) in [5.74, 6) is 0.658. The smallest absolute Gasteiger partial charge is 0.183 e. The summed E-state index contributed by atoms with van der Waals surface area (Å²) in [4.78, 5) is 0.266. The summed E-state index contributed by atoms with van der Waals surface area (Å²) < 4.78 is 30.2. The molecule has 1 aliphatic rings. The van der Waals surface area contributed by atoms with Gasteiger partial charge in [0.2, 0.25) is 0 Å². The number of hydrogen-bond acceptors (Lipinski definition) is 4. The molecule has 0 radical (unpaired) electrons. The molecule has 0 aliphatic heterocycles. The molecule has 5 heteroatoms. The number of benzene rings is 1. The van der Waals surface area contributed by atoms with Crippen LogP contribution < -0.4 is 4.74 Å². The van der Waals surface area contributed by atoms with Crippen LogP contribution in [0.2, 0.25) is 0 Å². The molecule has 1 N–H and O–H groups in total. The van der Waals surface area contributed by atoms with Crippen molar-refractivity contribution in [2.75, 3.05) is 6.61 Å². The van der Waals surface area contributed by atoms with Crippen molar-refractivity contribution >= 4 is 9.84 Å². The highest BCUT2D eigenvalue weighted by Gasteiger charge is 2.35. The van der Waals surface area contributed by atoms with Crippen LogP contribution >= 0.6 is 0 Å². The van der Waals surface area contributed by atoms with Crippen molar-refractivity contribution in [3.63, 3.8) is 0 Å². The van der Waals surface area contributed by atoms with Crippen molar-refractivity contribution in [3.05, 3.63) is 24.3 Å². The Bertz CT molecular complexity index is 507. The molecule has 4 nitrogen and oxygen atoms in total. The highest BCUT2D eigenvalue weighted by molar-refractivity contribution is 7.92. The fraction of sp³-hybridized carbons (Fsp3) is 0.571. The number of ether oxygens (including phenoxy) is 1. The van der Waals surface area contributed by atoms with Crippen molar-refractivity contribution in [1.82, 2.24) is 0 Å². The fourth-order valence-electron chi connectivity index (χ4n) is 2.51. The van der Waals surface area contributed by atoms with Crippen LogP contribution in [0.15, 0.2) is 29.2 Å². The molecule has 1 aromatic carbocycles. The van der Waals surface area contributed by atoms with E-state index in [0.29, 0.717) is 25.2 Å². The Hall–Kier alpha value is -1.07. The highest BCUT2D eigenvalue weighted by atomic mass is 32.2. The average Bonchev–Trinajstić information content (AvgIpc) is 2.40. The lowest BCUT2D eigenvalue weighted by molar-refractivity contribution is 0.133. The van der Waals surface area contributed by atoms with Crippen molar-refractivity contribution in [1.29, 1.82) is 0 Å². The van der Waals surface area contributed by atoms with Gasteiger partial charge in [0, 0.05) is 0 Å². The van der Waals surface area contributed by atoms with Crippen LogP contribution in [0.25, 0.3) is 0 Å². The Morgan fingerprint density at radius 2 is 1.84 bits per heavy atom. The molecule has 1 aliphatic carbocycles. The zero-order valence-corrected chi connectivity index (χ0v) is 11.9. The van der Waals surface area contributed by atoms with Crippen LogP contribution in [-0.2, 0) is 9.84 Å². The monoisotopic (exact) mass is 284 g/mol.